The van der Waals surface area contributed by atoms with Crippen LogP contribution in [-0.4, -0.2) is 29.9 Å². The summed E-state index contributed by atoms with van der Waals surface area (Å²) in [7, 11) is 0. The summed E-state index contributed by atoms with van der Waals surface area (Å²) in [6.07, 6.45) is 0. The highest BCUT2D eigenvalue weighted by atomic mass is 32.1. The van der Waals surface area contributed by atoms with Crippen LogP contribution in [0, 0.1) is 0 Å². The Balaban J connectivity index is 0.571. The van der Waals surface area contributed by atoms with E-state index in [0.717, 1.165) is 177 Å². The summed E-state index contributed by atoms with van der Waals surface area (Å²) in [4.78, 5) is 31.7. The summed E-state index contributed by atoms with van der Waals surface area (Å²) in [6.45, 7) is 0. The quantitative estimate of drug-likeness (QED) is 0.123. The third kappa shape index (κ3) is 10.7. The Kier molecular flexibility index (Phi) is 14.3. The van der Waals surface area contributed by atoms with E-state index in [9.17, 15) is 0 Å². The molecule has 0 bridgehead atoms. The molecule has 114 heavy (non-hydrogen) atoms. The van der Waals surface area contributed by atoms with Gasteiger partial charge in [-0.25, -0.2) is 29.9 Å². The lowest BCUT2D eigenvalue weighted by Gasteiger charge is -2.10. The smallest absolute Gasteiger partial charge is 0.164 e. The second-order valence-corrected chi connectivity index (χ2v) is 31.4. The molecule has 0 radical (unpaired) electrons. The van der Waals surface area contributed by atoms with Crippen LogP contribution >= 0.6 is 22.7 Å². The highest BCUT2D eigenvalue weighted by Crippen LogP contribution is 2.46. The van der Waals surface area contributed by atoms with Crippen molar-refractivity contribution in [1.29, 1.82) is 0 Å². The minimum atomic E-state index is 0.520. The third-order valence-corrected chi connectivity index (χ3v) is 24.7. The van der Waals surface area contributed by atoms with Crippen molar-refractivity contribution in [2.45, 2.75) is 0 Å². The first-order valence-electron chi connectivity index (χ1n) is 37.9. The van der Waals surface area contributed by atoms with Crippen molar-refractivity contribution < 1.29 is 17.7 Å². The third-order valence-electron chi connectivity index (χ3n) is 22.4. The molecule has 8 aromatic heterocycles. The monoisotopic (exact) mass is 1490 g/mol. The van der Waals surface area contributed by atoms with E-state index in [1.165, 1.54) is 40.3 Å². The fourth-order valence-corrected chi connectivity index (χ4v) is 19.0. The molecule has 0 unspecified atom stereocenters. The van der Waals surface area contributed by atoms with Crippen LogP contribution in [0.15, 0.2) is 357 Å². The lowest BCUT2D eigenvalue weighted by Crippen LogP contribution is -2.00. The summed E-state index contributed by atoms with van der Waals surface area (Å²) in [6, 6.07) is 119. The predicted octanol–water partition coefficient (Wildman–Crippen LogP) is 28.7. The van der Waals surface area contributed by atoms with E-state index in [-0.39, 0.29) is 0 Å². The van der Waals surface area contributed by atoms with Crippen LogP contribution in [0.5, 0.6) is 0 Å². The van der Waals surface area contributed by atoms with Gasteiger partial charge >= 0.3 is 0 Å². The Morgan fingerprint density at radius 2 is 0.447 bits per heavy atom. The highest BCUT2D eigenvalue weighted by Gasteiger charge is 2.23. The zero-order chi connectivity index (χ0) is 74.6. The molecule has 0 aliphatic carbocycles. The van der Waals surface area contributed by atoms with Crippen molar-refractivity contribution in [3.05, 3.63) is 340 Å². The van der Waals surface area contributed by atoms with E-state index in [2.05, 4.69) is 297 Å². The van der Waals surface area contributed by atoms with Gasteiger partial charge in [-0.15, -0.1) is 22.7 Å². The maximum absolute atomic E-state index is 6.79. The Hall–Kier alpha value is -14.8. The fourth-order valence-electron chi connectivity index (χ4n) is 16.8. The lowest BCUT2D eigenvalue weighted by atomic mass is 9.98. The Bertz CT molecular complexity index is 8150. The minimum absolute atomic E-state index is 0.520. The molecular weight excluding hydrogens is 1440 g/mol. The van der Waals surface area contributed by atoms with Crippen molar-refractivity contribution in [2.75, 3.05) is 0 Å². The lowest BCUT2D eigenvalue weighted by molar-refractivity contribution is 0.668. The number of rotatable bonds is 11. The highest BCUT2D eigenvalue weighted by molar-refractivity contribution is 7.26. The van der Waals surface area contributed by atoms with Gasteiger partial charge in [-0.05, 0) is 195 Å². The summed E-state index contributed by atoms with van der Waals surface area (Å²) < 4.78 is 31.4. The first-order valence-corrected chi connectivity index (χ1v) is 39.5. The zero-order valence-corrected chi connectivity index (χ0v) is 62.1. The van der Waals surface area contributed by atoms with Gasteiger partial charge in [-0.2, -0.15) is 0 Å². The van der Waals surface area contributed by atoms with E-state index in [0.29, 0.717) is 34.9 Å². The van der Waals surface area contributed by atoms with Crippen LogP contribution in [-0.2, 0) is 0 Å². The van der Waals surface area contributed by atoms with Crippen molar-refractivity contribution >= 4 is 151 Å². The van der Waals surface area contributed by atoms with Gasteiger partial charge in [0.05, 0.1) is 0 Å². The first-order chi connectivity index (χ1) is 56.3. The van der Waals surface area contributed by atoms with Crippen LogP contribution < -0.4 is 0 Å². The summed E-state index contributed by atoms with van der Waals surface area (Å²) in [5.74, 6) is 3.19. The van der Waals surface area contributed by atoms with Crippen molar-refractivity contribution in [1.82, 2.24) is 29.9 Å². The number of hydrogen-bond acceptors (Lipinski definition) is 12. The van der Waals surface area contributed by atoms with Gasteiger partial charge in [0.15, 0.2) is 34.9 Å². The molecule has 8 heterocycles. The Morgan fingerprint density at radius 1 is 0.158 bits per heavy atom. The molecule has 16 aromatic carbocycles. The molecule has 0 spiro atoms. The van der Waals surface area contributed by atoms with E-state index in [4.69, 9.17) is 47.6 Å². The Labute approximate surface area is 657 Å². The number of nitrogens with zero attached hydrogens (tertiary/aromatic N) is 6. The predicted molar refractivity (Wildman–Crippen MR) is 468 cm³/mol. The van der Waals surface area contributed by atoms with Crippen molar-refractivity contribution in [2.24, 2.45) is 0 Å². The number of para-hydroxylation sites is 1. The van der Waals surface area contributed by atoms with E-state index < -0.39 is 0 Å². The number of thiophene rings is 2. The SMILES string of the molecule is c1ccc(-c2ccc3c(c2)oc2cc(-c4nc(-c5cccc(-c6ccc7sc8ccc(-c9ccc%10oc%11cc(-c%12nc(-c%13cccc(-c%14cccc%15sc%16ccccc%16c%14%15)c%13)nc(-c%13ccc%14c(c%13)oc%13cc(-c%15ccccc%15)ccc%13%14)n%12)ccc%11c%10c9)cc8c7c6)c5)nc(-c5ccc6c(c5)oc5ccccc56)n4)ccc23)cc1. The van der Waals surface area contributed by atoms with Gasteiger partial charge in [0.25, 0.3) is 0 Å². The van der Waals surface area contributed by atoms with Crippen LogP contribution in [0.3, 0.4) is 0 Å². The molecule has 12 heteroatoms. The van der Waals surface area contributed by atoms with E-state index >= 15 is 0 Å². The summed E-state index contributed by atoms with van der Waals surface area (Å²) in [5, 5.41) is 13.1. The second-order valence-electron chi connectivity index (χ2n) is 29.2. The standard InChI is InChI=1S/C102H56N6O4S2/c1-3-14-57(15-4-1)63-28-37-75-77-40-31-69(54-89(77)111-86(75)51-63)100-104-97(103-99(107-100)68-30-39-74-73-22-7-9-25-84(73)109-88(74)53-68)66-20-11-18-59(46-66)61-35-44-93-82(49-61)83-50-62(36-45-94(83)113-93)60-34-43-85-81(48-60)79-42-33-71(56-91(79)110-85)102-106-98(67-21-12-19-65(47-67)72-24-13-27-95-96(72)80-23-8-10-26-92(80)114-95)105-101(108-102)70-32-41-78-76-38-29-64(58-16-5-2-6-17-58)52-87(76)112-90(78)55-70/h1-56H. The molecule has 0 N–H and O–H groups in total. The van der Waals surface area contributed by atoms with E-state index in [1.54, 1.807) is 11.3 Å². The molecule has 0 fully saturated rings. The van der Waals surface area contributed by atoms with Gasteiger partial charge in [0, 0.05) is 117 Å². The molecular formula is C102H56N6O4S2. The summed E-state index contributed by atoms with van der Waals surface area (Å²) >= 11 is 3.62. The average molecular weight is 1490 g/mol. The number of fused-ring (bicyclic) bond motifs is 18. The molecule has 0 aliphatic heterocycles. The topological polar surface area (TPSA) is 130 Å². The van der Waals surface area contributed by atoms with Gasteiger partial charge in [0.1, 0.15) is 44.7 Å². The largest absolute Gasteiger partial charge is 0.456 e. The van der Waals surface area contributed by atoms with Gasteiger partial charge in [-0.1, -0.05) is 200 Å². The average Bonchev–Trinajstić information content (AvgIpc) is 1.60. The molecule has 0 atom stereocenters. The van der Waals surface area contributed by atoms with Crippen molar-refractivity contribution in [3.8, 4) is 124 Å². The first kappa shape index (κ1) is 64.0. The summed E-state index contributed by atoms with van der Waals surface area (Å²) in [5.41, 5.74) is 22.2. The molecule has 0 aliphatic rings. The minimum Gasteiger partial charge on any atom is -0.456 e. The normalized spacial score (nSPS) is 12.0. The van der Waals surface area contributed by atoms with Crippen molar-refractivity contribution in [3.63, 3.8) is 0 Å². The number of benzene rings is 16. The van der Waals surface area contributed by atoms with Crippen LogP contribution in [0.25, 0.3) is 252 Å². The maximum Gasteiger partial charge on any atom is 0.164 e. The van der Waals surface area contributed by atoms with Crippen LogP contribution in [0.2, 0.25) is 0 Å². The molecule has 24 rings (SSSR count). The van der Waals surface area contributed by atoms with Crippen LogP contribution in [0.4, 0.5) is 0 Å². The number of aromatic nitrogens is 6. The molecule has 10 nitrogen and oxygen atoms in total. The molecule has 530 valence electrons. The second kappa shape index (κ2) is 25.4. The van der Waals surface area contributed by atoms with Gasteiger partial charge in [-0.3, -0.25) is 0 Å². The molecule has 0 amide bonds. The Morgan fingerprint density at radius 3 is 0.947 bits per heavy atom. The van der Waals surface area contributed by atoms with Crippen LogP contribution in [0.1, 0.15) is 0 Å². The van der Waals surface area contributed by atoms with E-state index in [1.807, 2.05) is 53.8 Å². The zero-order valence-electron chi connectivity index (χ0n) is 60.5. The molecule has 0 saturated heterocycles. The van der Waals surface area contributed by atoms with Gasteiger partial charge < -0.3 is 17.7 Å². The fraction of sp³-hybridized carbons (Fsp3) is 0. The molecule has 0 saturated carbocycles. The maximum atomic E-state index is 6.79. The number of furan rings is 4. The number of hydrogen-bond donors (Lipinski definition) is 0. The van der Waals surface area contributed by atoms with Gasteiger partial charge in [0.2, 0.25) is 0 Å². The molecule has 24 aromatic rings.